The first-order valence-corrected chi connectivity index (χ1v) is 5.39. The fourth-order valence-electron chi connectivity index (χ4n) is 2.68. The number of fused-ring (bicyclic) bond motifs is 3. The monoisotopic (exact) mass is 223 g/mol. The van der Waals surface area contributed by atoms with Gasteiger partial charge in [0.1, 0.15) is 11.8 Å². The van der Waals surface area contributed by atoms with E-state index in [1.807, 2.05) is 6.07 Å². The molecule has 5 heteroatoms. The first kappa shape index (κ1) is 9.76. The maximum atomic E-state index is 14.0. The van der Waals surface area contributed by atoms with Gasteiger partial charge in [0.15, 0.2) is 5.69 Å². The lowest BCUT2D eigenvalue weighted by atomic mass is 10.1. The molecule has 0 aliphatic heterocycles. The van der Waals surface area contributed by atoms with E-state index in [1.165, 1.54) is 4.68 Å². The Morgan fingerprint density at radius 1 is 1.56 bits per heavy atom. The van der Waals surface area contributed by atoms with E-state index >= 15 is 0 Å². The minimum Gasteiger partial charge on any atom is -0.259 e. The number of halogens is 2. The van der Waals surface area contributed by atoms with E-state index in [0.717, 1.165) is 0 Å². The van der Waals surface area contributed by atoms with Gasteiger partial charge in [0.25, 0.3) is 5.92 Å². The molecule has 0 spiro atoms. The van der Waals surface area contributed by atoms with Crippen LogP contribution in [0, 0.1) is 17.2 Å². The van der Waals surface area contributed by atoms with Crippen molar-refractivity contribution in [3.8, 4) is 6.07 Å². The molecule has 3 nitrogen and oxygen atoms in total. The van der Waals surface area contributed by atoms with E-state index in [4.69, 9.17) is 5.26 Å². The summed E-state index contributed by atoms with van der Waals surface area (Å²) < 4.78 is 29.3. The third-order valence-corrected chi connectivity index (χ3v) is 3.48. The van der Waals surface area contributed by atoms with Gasteiger partial charge >= 0.3 is 0 Å². The summed E-state index contributed by atoms with van der Waals surface area (Å²) in [6, 6.07) is 1.79. The molecule has 0 aromatic carbocycles. The molecule has 0 amide bonds. The minimum atomic E-state index is -2.80. The molecule has 2 atom stereocenters. The first-order valence-electron chi connectivity index (χ1n) is 5.39. The van der Waals surface area contributed by atoms with Gasteiger partial charge in [-0.25, -0.2) is 0 Å². The van der Waals surface area contributed by atoms with Crippen molar-refractivity contribution in [2.75, 3.05) is 0 Å². The van der Waals surface area contributed by atoms with E-state index in [9.17, 15) is 8.78 Å². The van der Waals surface area contributed by atoms with Gasteiger partial charge in [-0.15, -0.1) is 0 Å². The van der Waals surface area contributed by atoms with Crippen molar-refractivity contribution < 1.29 is 8.78 Å². The second-order valence-electron chi connectivity index (χ2n) is 4.83. The van der Waals surface area contributed by atoms with Gasteiger partial charge in [-0.2, -0.15) is 19.1 Å². The summed E-state index contributed by atoms with van der Waals surface area (Å²) in [6.07, 6.45) is 0.498. The van der Waals surface area contributed by atoms with Crippen LogP contribution in [0.5, 0.6) is 0 Å². The Balaban J connectivity index is 2.28. The molecular formula is C11H11F2N3. The Hall–Kier alpha value is -1.44. The van der Waals surface area contributed by atoms with Gasteiger partial charge < -0.3 is 0 Å². The molecule has 0 bridgehead atoms. The number of aromatic nitrogens is 2. The maximum absolute atomic E-state index is 14.0. The number of rotatable bonds is 1. The van der Waals surface area contributed by atoms with Crippen LogP contribution in [0.2, 0.25) is 0 Å². The fraction of sp³-hybridized carbons (Fsp3) is 0.636. The van der Waals surface area contributed by atoms with E-state index in [2.05, 4.69) is 5.10 Å². The molecule has 2 unspecified atom stereocenters. The van der Waals surface area contributed by atoms with Crippen molar-refractivity contribution in [1.82, 2.24) is 9.78 Å². The highest BCUT2D eigenvalue weighted by atomic mass is 19.3. The van der Waals surface area contributed by atoms with Crippen LogP contribution in [0.3, 0.4) is 0 Å². The molecular weight excluding hydrogens is 212 g/mol. The quantitative estimate of drug-likeness (QED) is 0.734. The van der Waals surface area contributed by atoms with Crippen LogP contribution in [-0.2, 0) is 5.92 Å². The van der Waals surface area contributed by atoms with E-state index < -0.39 is 11.8 Å². The molecule has 1 aromatic rings. The number of nitriles is 1. The Morgan fingerprint density at radius 3 is 2.81 bits per heavy atom. The van der Waals surface area contributed by atoms with Crippen molar-refractivity contribution in [3.63, 3.8) is 0 Å². The fourth-order valence-corrected chi connectivity index (χ4v) is 2.68. The summed E-state index contributed by atoms with van der Waals surface area (Å²) in [7, 11) is 0. The van der Waals surface area contributed by atoms with Crippen LogP contribution < -0.4 is 0 Å². The molecule has 16 heavy (non-hydrogen) atoms. The molecule has 84 valence electrons. The Morgan fingerprint density at radius 2 is 2.25 bits per heavy atom. The maximum Gasteiger partial charge on any atom is 0.293 e. The third kappa shape index (κ3) is 0.927. The highest BCUT2D eigenvalue weighted by Gasteiger charge is 2.66. The van der Waals surface area contributed by atoms with Crippen LogP contribution >= 0.6 is 0 Å². The molecule has 1 fully saturated rings. The average molecular weight is 223 g/mol. The van der Waals surface area contributed by atoms with Gasteiger partial charge in [-0.1, -0.05) is 0 Å². The topological polar surface area (TPSA) is 41.6 Å². The molecule has 0 saturated heterocycles. The zero-order chi connectivity index (χ0) is 11.7. The summed E-state index contributed by atoms with van der Waals surface area (Å²) in [5.74, 6) is -3.52. The lowest BCUT2D eigenvalue weighted by molar-refractivity contribution is -0.0318. The van der Waals surface area contributed by atoms with Crippen LogP contribution in [0.15, 0.2) is 0 Å². The van der Waals surface area contributed by atoms with Crippen LogP contribution in [0.1, 0.15) is 49.2 Å². The SMILES string of the molecule is CC(C)n1nc(C#N)c2c1C(F)(F)C1CC21. The predicted octanol–water partition coefficient (Wildman–Crippen LogP) is 2.54. The first-order chi connectivity index (χ1) is 7.48. The zero-order valence-electron chi connectivity index (χ0n) is 9.04. The summed E-state index contributed by atoms with van der Waals surface area (Å²) in [5, 5.41) is 12.9. The second kappa shape index (κ2) is 2.62. The summed E-state index contributed by atoms with van der Waals surface area (Å²) in [5.41, 5.74) is 0.680. The van der Waals surface area contributed by atoms with Gasteiger partial charge in [0.05, 0.1) is 0 Å². The summed E-state index contributed by atoms with van der Waals surface area (Å²) in [4.78, 5) is 0. The molecule has 1 heterocycles. The van der Waals surface area contributed by atoms with Crippen molar-refractivity contribution in [3.05, 3.63) is 17.0 Å². The second-order valence-corrected chi connectivity index (χ2v) is 4.83. The van der Waals surface area contributed by atoms with Crippen molar-refractivity contribution >= 4 is 0 Å². The lowest BCUT2D eigenvalue weighted by Crippen LogP contribution is -2.21. The molecule has 2 aliphatic rings. The van der Waals surface area contributed by atoms with Crippen LogP contribution in [0.4, 0.5) is 8.78 Å². The Labute approximate surface area is 91.7 Å². The van der Waals surface area contributed by atoms with Gasteiger partial charge in [0, 0.05) is 17.5 Å². The smallest absolute Gasteiger partial charge is 0.259 e. The Bertz CT molecular complexity index is 510. The van der Waals surface area contributed by atoms with E-state index in [-0.39, 0.29) is 23.3 Å². The predicted molar refractivity (Wildman–Crippen MR) is 52.1 cm³/mol. The highest BCUT2D eigenvalue weighted by molar-refractivity contribution is 5.49. The molecule has 1 saturated carbocycles. The largest absolute Gasteiger partial charge is 0.293 e. The van der Waals surface area contributed by atoms with Crippen LogP contribution in [-0.4, -0.2) is 9.78 Å². The van der Waals surface area contributed by atoms with E-state index in [0.29, 0.717) is 12.0 Å². The summed E-state index contributed by atoms with van der Waals surface area (Å²) >= 11 is 0. The molecule has 0 radical (unpaired) electrons. The number of hydrogen-bond donors (Lipinski definition) is 0. The number of hydrogen-bond acceptors (Lipinski definition) is 2. The summed E-state index contributed by atoms with van der Waals surface area (Å²) in [6.45, 7) is 3.60. The number of nitrogens with zero attached hydrogens (tertiary/aromatic N) is 3. The van der Waals surface area contributed by atoms with Gasteiger partial charge in [-0.05, 0) is 26.2 Å². The molecule has 0 N–H and O–H groups in total. The average Bonchev–Trinajstić information content (AvgIpc) is 2.85. The molecule has 2 aliphatic carbocycles. The van der Waals surface area contributed by atoms with Crippen molar-refractivity contribution in [1.29, 1.82) is 5.26 Å². The standard InChI is InChI=1S/C11H11F2N3/c1-5(2)16-10-9(8(4-14)15-16)6-3-7(6)11(10,12)13/h5-7H,3H2,1-2H3. The normalized spacial score (nSPS) is 28.8. The molecule has 1 aromatic heterocycles. The third-order valence-electron chi connectivity index (χ3n) is 3.48. The van der Waals surface area contributed by atoms with Gasteiger partial charge in [0.2, 0.25) is 0 Å². The Kier molecular flexibility index (Phi) is 1.60. The minimum absolute atomic E-state index is 0.0136. The van der Waals surface area contributed by atoms with Gasteiger partial charge in [-0.3, -0.25) is 4.68 Å². The van der Waals surface area contributed by atoms with Crippen molar-refractivity contribution in [2.24, 2.45) is 5.92 Å². The lowest BCUT2D eigenvalue weighted by Gasteiger charge is -2.17. The molecule has 3 rings (SSSR count). The highest BCUT2D eigenvalue weighted by Crippen LogP contribution is 2.67. The van der Waals surface area contributed by atoms with Crippen LogP contribution in [0.25, 0.3) is 0 Å². The van der Waals surface area contributed by atoms with E-state index in [1.54, 1.807) is 13.8 Å². The number of alkyl halides is 2. The zero-order valence-corrected chi connectivity index (χ0v) is 9.04. The van der Waals surface area contributed by atoms with Crippen molar-refractivity contribution in [2.45, 2.75) is 38.2 Å².